The van der Waals surface area contributed by atoms with E-state index in [0.717, 1.165) is 54.7 Å². The highest BCUT2D eigenvalue weighted by Crippen LogP contribution is 2.29. The van der Waals surface area contributed by atoms with Crippen LogP contribution >= 0.6 is 0 Å². The lowest BCUT2D eigenvalue weighted by atomic mass is 9.95. The summed E-state index contributed by atoms with van der Waals surface area (Å²) in [5.74, 6) is 0.0914. The number of anilines is 2. The highest BCUT2D eigenvalue weighted by atomic mass is 16.1. The van der Waals surface area contributed by atoms with Crippen molar-refractivity contribution in [3.05, 3.63) is 84.4 Å². The van der Waals surface area contributed by atoms with E-state index in [9.17, 15) is 9.59 Å². The molecule has 3 aromatic rings. The molecule has 0 saturated carbocycles. The summed E-state index contributed by atoms with van der Waals surface area (Å²) in [7, 11) is 0. The minimum atomic E-state index is 0.00401. The summed E-state index contributed by atoms with van der Waals surface area (Å²) in [5, 5.41) is 3.15. The lowest BCUT2D eigenvalue weighted by Gasteiger charge is -2.33. The Morgan fingerprint density at radius 3 is 2.21 bits per heavy atom. The first-order valence-electron chi connectivity index (χ1n) is 10.00. The monoisotopic (exact) mass is 384 g/mol. The van der Waals surface area contributed by atoms with Crippen molar-refractivity contribution in [3.63, 3.8) is 0 Å². The van der Waals surface area contributed by atoms with E-state index in [1.165, 1.54) is 0 Å². The Morgan fingerprint density at radius 2 is 1.52 bits per heavy atom. The van der Waals surface area contributed by atoms with E-state index >= 15 is 0 Å². The molecule has 1 amide bonds. The Hall–Kier alpha value is -3.40. The molecule has 146 valence electrons. The number of aldehydes is 1. The maximum atomic E-state index is 12.9. The second kappa shape index (κ2) is 8.74. The van der Waals surface area contributed by atoms with Crippen LogP contribution in [0.25, 0.3) is 11.1 Å². The van der Waals surface area contributed by atoms with Crippen molar-refractivity contribution >= 4 is 23.6 Å². The fourth-order valence-corrected chi connectivity index (χ4v) is 3.86. The number of amides is 1. The molecule has 1 saturated heterocycles. The maximum absolute atomic E-state index is 12.9. The SMILES string of the molecule is O=Cc1ccc(N2CCC(C(=O)Nc3ccccc3-c3ccccc3)CC2)cc1. The number of para-hydroxylation sites is 1. The third kappa shape index (κ3) is 4.37. The van der Waals surface area contributed by atoms with Crippen LogP contribution in [0.1, 0.15) is 23.2 Å². The first kappa shape index (κ1) is 18.9. The van der Waals surface area contributed by atoms with Crippen molar-refractivity contribution < 1.29 is 9.59 Å². The standard InChI is InChI=1S/C25H24N2O2/c28-18-19-10-12-22(13-11-19)27-16-14-21(15-17-27)25(29)26-24-9-5-4-8-23(24)20-6-2-1-3-7-20/h1-13,18,21H,14-17H2,(H,26,29). The van der Waals surface area contributed by atoms with Crippen molar-refractivity contribution in [3.8, 4) is 11.1 Å². The predicted molar refractivity (Wildman–Crippen MR) is 117 cm³/mol. The third-order valence-corrected chi connectivity index (χ3v) is 5.53. The fourth-order valence-electron chi connectivity index (χ4n) is 3.86. The molecule has 0 spiro atoms. The van der Waals surface area contributed by atoms with Crippen LogP contribution in [0.4, 0.5) is 11.4 Å². The van der Waals surface area contributed by atoms with Gasteiger partial charge in [-0.1, -0.05) is 48.5 Å². The Kier molecular flexibility index (Phi) is 5.71. The molecule has 1 fully saturated rings. The summed E-state index contributed by atoms with van der Waals surface area (Å²) in [6, 6.07) is 25.7. The van der Waals surface area contributed by atoms with Gasteiger partial charge in [0.05, 0.1) is 0 Å². The Bertz CT molecular complexity index is 975. The van der Waals surface area contributed by atoms with E-state index in [-0.39, 0.29) is 11.8 Å². The zero-order chi connectivity index (χ0) is 20.1. The first-order valence-corrected chi connectivity index (χ1v) is 10.00. The normalized spacial score (nSPS) is 14.4. The van der Waals surface area contributed by atoms with Crippen LogP contribution in [0.2, 0.25) is 0 Å². The van der Waals surface area contributed by atoms with Gasteiger partial charge in [0.25, 0.3) is 0 Å². The highest BCUT2D eigenvalue weighted by Gasteiger charge is 2.25. The van der Waals surface area contributed by atoms with Crippen LogP contribution in [0.15, 0.2) is 78.9 Å². The minimum Gasteiger partial charge on any atom is -0.371 e. The number of piperidine rings is 1. The van der Waals surface area contributed by atoms with E-state index in [4.69, 9.17) is 0 Å². The van der Waals surface area contributed by atoms with Gasteiger partial charge >= 0.3 is 0 Å². The van der Waals surface area contributed by atoms with Gasteiger partial charge in [-0.25, -0.2) is 0 Å². The summed E-state index contributed by atoms with van der Waals surface area (Å²) in [6.45, 7) is 1.66. The van der Waals surface area contributed by atoms with Gasteiger partial charge in [-0.3, -0.25) is 9.59 Å². The van der Waals surface area contributed by atoms with E-state index in [2.05, 4.69) is 22.3 Å². The molecule has 1 N–H and O–H groups in total. The molecule has 0 aliphatic carbocycles. The van der Waals surface area contributed by atoms with Gasteiger partial charge < -0.3 is 10.2 Å². The largest absolute Gasteiger partial charge is 0.371 e. The number of nitrogens with zero attached hydrogens (tertiary/aromatic N) is 1. The topological polar surface area (TPSA) is 49.4 Å². The van der Waals surface area contributed by atoms with Gasteiger partial charge in [0.1, 0.15) is 6.29 Å². The number of carbonyl (C=O) groups excluding carboxylic acids is 2. The van der Waals surface area contributed by atoms with Crippen molar-refractivity contribution in [2.45, 2.75) is 12.8 Å². The third-order valence-electron chi connectivity index (χ3n) is 5.53. The molecule has 1 aliphatic heterocycles. The molecule has 4 nitrogen and oxygen atoms in total. The molecule has 0 atom stereocenters. The van der Waals surface area contributed by atoms with Crippen LogP contribution in [-0.4, -0.2) is 25.3 Å². The van der Waals surface area contributed by atoms with Crippen molar-refractivity contribution in [1.82, 2.24) is 0 Å². The summed E-state index contributed by atoms with van der Waals surface area (Å²) in [6.07, 6.45) is 2.48. The number of carbonyl (C=O) groups is 2. The quantitative estimate of drug-likeness (QED) is 0.628. The zero-order valence-corrected chi connectivity index (χ0v) is 16.3. The number of benzene rings is 3. The molecule has 29 heavy (non-hydrogen) atoms. The molecule has 0 bridgehead atoms. The van der Waals surface area contributed by atoms with Crippen LogP contribution in [0, 0.1) is 5.92 Å². The van der Waals surface area contributed by atoms with Gasteiger partial charge in [0, 0.05) is 41.5 Å². The van der Waals surface area contributed by atoms with Crippen LogP contribution in [0.5, 0.6) is 0 Å². The number of hydrogen-bond acceptors (Lipinski definition) is 3. The molecule has 0 aromatic heterocycles. The minimum absolute atomic E-state index is 0.00401. The lowest BCUT2D eigenvalue weighted by molar-refractivity contribution is -0.120. The molecule has 4 heteroatoms. The average Bonchev–Trinajstić information content (AvgIpc) is 2.80. The number of rotatable bonds is 5. The van der Waals surface area contributed by atoms with Crippen LogP contribution < -0.4 is 10.2 Å². The molecule has 1 aliphatic rings. The zero-order valence-electron chi connectivity index (χ0n) is 16.3. The van der Waals surface area contributed by atoms with Gasteiger partial charge in [-0.2, -0.15) is 0 Å². The van der Waals surface area contributed by atoms with Gasteiger partial charge in [-0.05, 0) is 48.7 Å². The summed E-state index contributed by atoms with van der Waals surface area (Å²) >= 11 is 0. The Morgan fingerprint density at radius 1 is 0.862 bits per heavy atom. The number of hydrogen-bond donors (Lipinski definition) is 1. The molecular formula is C25H24N2O2. The van der Waals surface area contributed by atoms with Gasteiger partial charge in [0.15, 0.2) is 0 Å². The van der Waals surface area contributed by atoms with E-state index in [0.29, 0.717) is 5.56 Å². The predicted octanol–water partition coefficient (Wildman–Crippen LogP) is 5.02. The summed E-state index contributed by atoms with van der Waals surface area (Å²) in [5.41, 5.74) is 4.77. The molecule has 1 heterocycles. The molecular weight excluding hydrogens is 360 g/mol. The smallest absolute Gasteiger partial charge is 0.227 e. The highest BCUT2D eigenvalue weighted by molar-refractivity contribution is 5.96. The molecule has 4 rings (SSSR count). The van der Waals surface area contributed by atoms with Crippen LogP contribution in [0.3, 0.4) is 0 Å². The molecule has 0 radical (unpaired) electrons. The van der Waals surface area contributed by atoms with E-state index < -0.39 is 0 Å². The van der Waals surface area contributed by atoms with Crippen LogP contribution in [-0.2, 0) is 4.79 Å². The maximum Gasteiger partial charge on any atom is 0.227 e. The van der Waals surface area contributed by atoms with Crippen molar-refractivity contribution in [1.29, 1.82) is 0 Å². The van der Waals surface area contributed by atoms with Crippen molar-refractivity contribution in [2.75, 3.05) is 23.3 Å². The fraction of sp³-hybridized carbons (Fsp3) is 0.200. The Balaban J connectivity index is 1.40. The molecule has 3 aromatic carbocycles. The number of nitrogens with one attached hydrogen (secondary N) is 1. The average molecular weight is 384 g/mol. The van der Waals surface area contributed by atoms with E-state index in [1.54, 1.807) is 0 Å². The lowest BCUT2D eigenvalue weighted by Crippen LogP contribution is -2.38. The molecule has 0 unspecified atom stereocenters. The second-order valence-corrected chi connectivity index (χ2v) is 7.37. The van der Waals surface area contributed by atoms with E-state index in [1.807, 2.05) is 66.7 Å². The Labute approximate surface area is 171 Å². The summed E-state index contributed by atoms with van der Waals surface area (Å²) in [4.78, 5) is 26.0. The second-order valence-electron chi connectivity index (χ2n) is 7.37. The summed E-state index contributed by atoms with van der Waals surface area (Å²) < 4.78 is 0. The van der Waals surface area contributed by atoms with Crippen molar-refractivity contribution in [2.24, 2.45) is 5.92 Å². The first-order chi connectivity index (χ1) is 14.2. The van der Waals surface area contributed by atoms with Gasteiger partial charge in [0.2, 0.25) is 5.91 Å². The van der Waals surface area contributed by atoms with Gasteiger partial charge in [-0.15, -0.1) is 0 Å².